The summed E-state index contributed by atoms with van der Waals surface area (Å²) in [6.07, 6.45) is 1.60. The highest BCUT2D eigenvalue weighted by atomic mass is 35.5. The molecule has 0 aliphatic carbocycles. The first-order valence-electron chi connectivity index (χ1n) is 5.73. The number of nitrogens with one attached hydrogen (secondary N) is 1. The van der Waals surface area contributed by atoms with E-state index in [9.17, 15) is 4.39 Å². The minimum absolute atomic E-state index is 0.115. The highest BCUT2D eigenvalue weighted by Gasteiger charge is 2.04. The van der Waals surface area contributed by atoms with Crippen molar-refractivity contribution in [3.05, 3.63) is 29.8 Å². The van der Waals surface area contributed by atoms with Gasteiger partial charge in [-0.3, -0.25) is 5.43 Å². The van der Waals surface area contributed by atoms with Gasteiger partial charge in [0.1, 0.15) is 6.67 Å². The Morgan fingerprint density at radius 1 is 1.42 bits per heavy atom. The number of benzene rings is 1. The number of nitrogens with two attached hydrogens (primary N) is 1. The Kier molecular flexibility index (Phi) is 7.14. The molecule has 0 fully saturated rings. The normalized spacial score (nSPS) is 10.6. The van der Waals surface area contributed by atoms with Gasteiger partial charge in [0.15, 0.2) is 5.11 Å². The van der Waals surface area contributed by atoms with Gasteiger partial charge in [0.2, 0.25) is 0 Å². The van der Waals surface area contributed by atoms with Crippen molar-refractivity contribution in [2.24, 2.45) is 10.8 Å². The number of halogens is 2. The number of thiocarbonyl (C=S) groups is 1. The number of alkyl halides is 2. The van der Waals surface area contributed by atoms with Crippen molar-refractivity contribution in [2.75, 3.05) is 30.5 Å². The maximum absolute atomic E-state index is 12.4. The predicted octanol–water partition coefficient (Wildman–Crippen LogP) is 1.87. The molecule has 1 aromatic rings. The quantitative estimate of drug-likeness (QED) is 0.349. The van der Waals surface area contributed by atoms with Gasteiger partial charge in [0, 0.05) is 24.7 Å². The Morgan fingerprint density at radius 3 is 2.63 bits per heavy atom. The highest BCUT2D eigenvalue weighted by molar-refractivity contribution is 7.80. The van der Waals surface area contributed by atoms with Gasteiger partial charge in [0.05, 0.1) is 6.21 Å². The third-order valence-electron chi connectivity index (χ3n) is 2.36. The first kappa shape index (κ1) is 15.7. The van der Waals surface area contributed by atoms with E-state index in [1.54, 1.807) is 6.21 Å². The van der Waals surface area contributed by atoms with Crippen LogP contribution in [0.15, 0.2) is 29.4 Å². The van der Waals surface area contributed by atoms with E-state index in [2.05, 4.69) is 22.7 Å². The minimum atomic E-state index is -0.405. The number of hydrogen-bond acceptors (Lipinski definition) is 3. The molecule has 0 aliphatic rings. The molecule has 0 amide bonds. The topological polar surface area (TPSA) is 53.6 Å². The average molecular weight is 303 g/mol. The van der Waals surface area contributed by atoms with E-state index in [4.69, 9.17) is 17.3 Å². The van der Waals surface area contributed by atoms with Crippen molar-refractivity contribution in [2.45, 2.75) is 0 Å². The van der Waals surface area contributed by atoms with E-state index in [1.165, 1.54) is 0 Å². The molecule has 0 aliphatic heterocycles. The Hall–Kier alpha value is -1.40. The van der Waals surface area contributed by atoms with E-state index in [0.29, 0.717) is 19.0 Å². The van der Waals surface area contributed by atoms with E-state index < -0.39 is 6.67 Å². The molecule has 0 bridgehead atoms. The monoisotopic (exact) mass is 302 g/mol. The maximum Gasteiger partial charge on any atom is 0.184 e. The van der Waals surface area contributed by atoms with Crippen LogP contribution >= 0.6 is 23.8 Å². The third kappa shape index (κ3) is 5.85. The van der Waals surface area contributed by atoms with E-state index in [0.717, 1.165) is 11.3 Å². The van der Waals surface area contributed by atoms with Crippen LogP contribution in [-0.2, 0) is 0 Å². The molecule has 0 radical (unpaired) electrons. The van der Waals surface area contributed by atoms with Gasteiger partial charge in [-0.25, -0.2) is 4.39 Å². The molecule has 0 unspecified atom stereocenters. The fourth-order valence-electron chi connectivity index (χ4n) is 1.52. The van der Waals surface area contributed by atoms with Gasteiger partial charge < -0.3 is 10.6 Å². The lowest BCUT2D eigenvalue weighted by Crippen LogP contribution is -2.27. The molecule has 0 saturated heterocycles. The fourth-order valence-corrected chi connectivity index (χ4v) is 1.77. The molecule has 3 N–H and O–H groups in total. The van der Waals surface area contributed by atoms with Crippen molar-refractivity contribution in [3.63, 3.8) is 0 Å². The number of anilines is 1. The van der Waals surface area contributed by atoms with Crippen LogP contribution in [0, 0.1) is 0 Å². The highest BCUT2D eigenvalue weighted by Crippen LogP contribution is 2.14. The zero-order valence-electron chi connectivity index (χ0n) is 10.4. The molecule has 0 saturated carbocycles. The van der Waals surface area contributed by atoms with Crippen LogP contribution < -0.4 is 16.1 Å². The Balaban J connectivity index is 2.68. The van der Waals surface area contributed by atoms with E-state index in [-0.39, 0.29) is 5.11 Å². The standard InChI is InChI=1S/C12H16ClFN4S/c13-5-7-18(8-6-14)11-3-1-10(2-4-11)9-16-17-12(15)19/h1-4,9H,5-8H2,(H3,15,17,19)/b16-9-. The smallest absolute Gasteiger partial charge is 0.184 e. The summed E-state index contributed by atoms with van der Waals surface area (Å²) in [4.78, 5) is 1.89. The summed E-state index contributed by atoms with van der Waals surface area (Å²) in [6, 6.07) is 7.54. The summed E-state index contributed by atoms with van der Waals surface area (Å²) in [6.45, 7) is 0.545. The van der Waals surface area contributed by atoms with Crippen LogP contribution in [0.4, 0.5) is 10.1 Å². The zero-order chi connectivity index (χ0) is 14.1. The van der Waals surface area contributed by atoms with Gasteiger partial charge in [-0.05, 0) is 29.9 Å². The summed E-state index contributed by atoms with van der Waals surface area (Å²) in [7, 11) is 0. The molecule has 0 atom stereocenters. The van der Waals surface area contributed by atoms with Crippen LogP contribution in [0.3, 0.4) is 0 Å². The van der Waals surface area contributed by atoms with Gasteiger partial charge in [-0.2, -0.15) is 5.10 Å². The lowest BCUT2D eigenvalue weighted by Gasteiger charge is -2.22. The van der Waals surface area contributed by atoms with Crippen molar-refractivity contribution in [3.8, 4) is 0 Å². The summed E-state index contributed by atoms with van der Waals surface area (Å²) in [5.74, 6) is 0.459. The summed E-state index contributed by atoms with van der Waals surface area (Å²) < 4.78 is 12.4. The molecule has 0 spiro atoms. The van der Waals surface area contributed by atoms with Gasteiger partial charge in [-0.15, -0.1) is 11.6 Å². The SMILES string of the molecule is NC(=S)N/N=C\c1ccc(N(CCF)CCCl)cc1. The number of rotatable bonds is 7. The van der Waals surface area contributed by atoms with Crippen LogP contribution in [0.25, 0.3) is 0 Å². The summed E-state index contributed by atoms with van der Waals surface area (Å²) in [5.41, 5.74) is 9.53. The molecule has 19 heavy (non-hydrogen) atoms. The molecular weight excluding hydrogens is 287 g/mol. The Bertz CT molecular complexity index is 418. The first-order valence-corrected chi connectivity index (χ1v) is 6.67. The summed E-state index contributed by atoms with van der Waals surface area (Å²) >= 11 is 10.3. The maximum atomic E-state index is 12.4. The number of hydrazone groups is 1. The van der Waals surface area contributed by atoms with Gasteiger partial charge in [-0.1, -0.05) is 12.1 Å². The molecule has 7 heteroatoms. The molecule has 4 nitrogen and oxygen atoms in total. The number of nitrogens with zero attached hydrogens (tertiary/aromatic N) is 2. The van der Waals surface area contributed by atoms with E-state index in [1.807, 2.05) is 29.2 Å². The first-order chi connectivity index (χ1) is 9.17. The lowest BCUT2D eigenvalue weighted by molar-refractivity contribution is 0.492. The Morgan fingerprint density at radius 2 is 2.11 bits per heavy atom. The summed E-state index contributed by atoms with van der Waals surface area (Å²) in [5, 5.41) is 3.97. The second-order valence-corrected chi connectivity index (χ2v) is 4.51. The molecule has 0 heterocycles. The molecular formula is C12H16ClFN4S. The van der Waals surface area contributed by atoms with Crippen LogP contribution in [0.2, 0.25) is 0 Å². The minimum Gasteiger partial charge on any atom is -0.375 e. The Labute approximate surface area is 122 Å². The molecule has 0 aromatic heterocycles. The second kappa shape index (κ2) is 8.66. The van der Waals surface area contributed by atoms with Crippen molar-refractivity contribution in [1.82, 2.24) is 5.43 Å². The molecule has 104 valence electrons. The molecule has 1 aromatic carbocycles. The van der Waals surface area contributed by atoms with Crippen molar-refractivity contribution >= 4 is 40.8 Å². The van der Waals surface area contributed by atoms with Crippen LogP contribution in [0.1, 0.15) is 5.56 Å². The zero-order valence-corrected chi connectivity index (χ0v) is 11.9. The number of hydrogen-bond donors (Lipinski definition) is 2. The van der Waals surface area contributed by atoms with Crippen molar-refractivity contribution < 1.29 is 4.39 Å². The van der Waals surface area contributed by atoms with Crippen LogP contribution in [0.5, 0.6) is 0 Å². The van der Waals surface area contributed by atoms with Crippen LogP contribution in [-0.4, -0.2) is 37.0 Å². The lowest BCUT2D eigenvalue weighted by atomic mass is 10.2. The second-order valence-electron chi connectivity index (χ2n) is 3.69. The molecule has 1 rings (SSSR count). The fraction of sp³-hybridized carbons (Fsp3) is 0.333. The van der Waals surface area contributed by atoms with Gasteiger partial charge in [0.25, 0.3) is 0 Å². The largest absolute Gasteiger partial charge is 0.375 e. The third-order valence-corrected chi connectivity index (χ3v) is 2.62. The van der Waals surface area contributed by atoms with E-state index >= 15 is 0 Å². The predicted molar refractivity (Wildman–Crippen MR) is 82.9 cm³/mol. The van der Waals surface area contributed by atoms with Crippen molar-refractivity contribution in [1.29, 1.82) is 0 Å². The van der Waals surface area contributed by atoms with Gasteiger partial charge >= 0.3 is 0 Å². The average Bonchev–Trinajstić information content (AvgIpc) is 2.39.